The number of carbonyl (C=O) groups is 1. The Bertz CT molecular complexity index is 756. The second-order valence-electron chi connectivity index (χ2n) is 7.60. The summed E-state index contributed by atoms with van der Waals surface area (Å²) in [6.45, 7) is 4.04. The molecule has 6 heteroatoms. The number of rotatable bonds is 7. The fraction of sp³-hybridized carbons (Fsp3) is 0.455. The van der Waals surface area contributed by atoms with Crippen LogP contribution in [0.3, 0.4) is 0 Å². The van der Waals surface area contributed by atoms with Gasteiger partial charge in [0.2, 0.25) is 0 Å². The van der Waals surface area contributed by atoms with E-state index in [1.165, 1.54) is 5.56 Å². The number of nitrogens with one attached hydrogen (secondary N) is 2. The quantitative estimate of drug-likeness (QED) is 0.769. The molecule has 3 rings (SSSR count). The predicted octanol–water partition coefficient (Wildman–Crippen LogP) is 2.31. The third kappa shape index (κ3) is 4.88. The molecule has 6 nitrogen and oxygen atoms in total. The summed E-state index contributed by atoms with van der Waals surface area (Å²) in [4.78, 5) is 19.8. The van der Waals surface area contributed by atoms with Crippen LogP contribution in [-0.2, 0) is 4.79 Å². The van der Waals surface area contributed by atoms with Crippen molar-refractivity contribution in [1.82, 2.24) is 20.5 Å². The molecule has 0 spiro atoms. The van der Waals surface area contributed by atoms with Crippen molar-refractivity contribution < 1.29 is 9.53 Å². The normalized spacial score (nSPS) is 17.1. The van der Waals surface area contributed by atoms with Crippen molar-refractivity contribution >= 4 is 5.91 Å². The van der Waals surface area contributed by atoms with Gasteiger partial charge >= 0.3 is 0 Å². The number of likely N-dealkylation sites (N-methyl/N-ethyl adjacent to an activating group) is 1. The van der Waals surface area contributed by atoms with E-state index >= 15 is 0 Å². The second-order valence-corrected chi connectivity index (χ2v) is 7.60. The van der Waals surface area contributed by atoms with Crippen LogP contribution in [-0.4, -0.2) is 55.1 Å². The molecule has 2 N–H and O–H groups in total. The summed E-state index contributed by atoms with van der Waals surface area (Å²) in [5.41, 5.74) is 1.26. The lowest BCUT2D eigenvalue weighted by Gasteiger charge is -2.37. The molecule has 0 bridgehead atoms. The Kier molecular flexibility index (Phi) is 6.65. The molecule has 1 fully saturated rings. The van der Waals surface area contributed by atoms with Crippen molar-refractivity contribution in [1.29, 1.82) is 0 Å². The van der Waals surface area contributed by atoms with Gasteiger partial charge in [-0.15, -0.1) is 0 Å². The average molecular weight is 383 g/mol. The lowest BCUT2D eigenvalue weighted by molar-refractivity contribution is -0.139. The molecule has 2 heterocycles. The van der Waals surface area contributed by atoms with Crippen LogP contribution < -0.4 is 15.4 Å². The van der Waals surface area contributed by atoms with Gasteiger partial charge in [0.1, 0.15) is 5.75 Å². The van der Waals surface area contributed by atoms with E-state index in [-0.39, 0.29) is 11.9 Å². The van der Waals surface area contributed by atoms with E-state index in [1.54, 1.807) is 6.20 Å². The lowest BCUT2D eigenvalue weighted by Crippen LogP contribution is -2.57. The highest BCUT2D eigenvalue weighted by Gasteiger charge is 2.42. The average Bonchev–Trinajstić information content (AvgIpc) is 2.71. The van der Waals surface area contributed by atoms with Gasteiger partial charge < -0.3 is 15.4 Å². The van der Waals surface area contributed by atoms with Crippen LogP contribution in [0.1, 0.15) is 30.1 Å². The number of aryl methyl sites for hydroxylation is 1. The molecular formula is C22H30N4O2. The lowest BCUT2D eigenvalue weighted by atomic mass is 9.90. The van der Waals surface area contributed by atoms with Gasteiger partial charge in [-0.25, -0.2) is 0 Å². The van der Waals surface area contributed by atoms with Crippen LogP contribution in [0.15, 0.2) is 48.7 Å². The van der Waals surface area contributed by atoms with E-state index in [0.717, 1.165) is 24.5 Å². The first-order valence-electron chi connectivity index (χ1n) is 9.82. The number of ether oxygens (including phenoxy) is 1. The van der Waals surface area contributed by atoms with Gasteiger partial charge in [0.05, 0.1) is 11.7 Å². The maximum absolute atomic E-state index is 13.2. The Morgan fingerprint density at radius 3 is 2.54 bits per heavy atom. The van der Waals surface area contributed by atoms with Crippen LogP contribution in [0.25, 0.3) is 0 Å². The van der Waals surface area contributed by atoms with Gasteiger partial charge in [0, 0.05) is 25.6 Å². The minimum absolute atomic E-state index is 0.00305. The summed E-state index contributed by atoms with van der Waals surface area (Å²) in [5, 5.41) is 6.45. The van der Waals surface area contributed by atoms with Crippen molar-refractivity contribution in [2.45, 2.75) is 31.4 Å². The molecule has 0 radical (unpaired) electrons. The van der Waals surface area contributed by atoms with Crippen molar-refractivity contribution in [3.8, 4) is 5.75 Å². The zero-order chi connectivity index (χ0) is 20.0. The molecule has 2 aromatic rings. The molecule has 0 aliphatic carbocycles. The Balaban J connectivity index is 1.73. The number of amides is 1. The molecular weight excluding hydrogens is 352 g/mol. The Hall–Kier alpha value is -2.44. The third-order valence-corrected chi connectivity index (χ3v) is 5.27. The zero-order valence-corrected chi connectivity index (χ0v) is 16.9. The fourth-order valence-corrected chi connectivity index (χ4v) is 3.51. The van der Waals surface area contributed by atoms with Gasteiger partial charge in [-0.05, 0) is 58.4 Å². The van der Waals surface area contributed by atoms with Crippen LogP contribution in [0.4, 0.5) is 0 Å². The number of hydrogen-bond acceptors (Lipinski definition) is 5. The Morgan fingerprint density at radius 2 is 1.93 bits per heavy atom. The van der Waals surface area contributed by atoms with E-state index in [4.69, 9.17) is 4.74 Å². The fourth-order valence-electron chi connectivity index (χ4n) is 3.51. The zero-order valence-electron chi connectivity index (χ0n) is 16.9. The first kappa shape index (κ1) is 20.3. The molecule has 1 saturated heterocycles. The summed E-state index contributed by atoms with van der Waals surface area (Å²) < 4.78 is 6.28. The monoisotopic (exact) mass is 382 g/mol. The number of piperidine rings is 1. The van der Waals surface area contributed by atoms with Crippen molar-refractivity contribution in [3.05, 3.63) is 59.9 Å². The Morgan fingerprint density at radius 1 is 1.21 bits per heavy atom. The largest absolute Gasteiger partial charge is 0.477 e. The number of aromatic nitrogens is 1. The molecule has 1 aromatic heterocycles. The molecule has 0 saturated carbocycles. The molecule has 1 amide bonds. The molecule has 1 aromatic carbocycles. The van der Waals surface area contributed by atoms with Gasteiger partial charge in [0.25, 0.3) is 5.91 Å². The van der Waals surface area contributed by atoms with E-state index in [1.807, 2.05) is 63.5 Å². The van der Waals surface area contributed by atoms with Crippen molar-refractivity contribution in [3.63, 3.8) is 0 Å². The molecule has 150 valence electrons. The third-order valence-electron chi connectivity index (χ3n) is 5.27. The molecule has 28 heavy (non-hydrogen) atoms. The van der Waals surface area contributed by atoms with Crippen LogP contribution in [0.5, 0.6) is 5.75 Å². The number of carbonyl (C=O) groups excluding carboxylic acids is 1. The topological polar surface area (TPSA) is 66.5 Å². The molecule has 1 atom stereocenters. The number of benzene rings is 1. The molecule has 1 aliphatic rings. The number of pyridine rings is 1. The van der Waals surface area contributed by atoms with Gasteiger partial charge in [-0.1, -0.05) is 23.8 Å². The standard InChI is InChI=1S/C22H30N4O2/c1-17-7-9-18(10-8-17)28-22(11-14-23-15-12-22)21(27)25-16-20(26(2)3)19-6-4-5-13-24-19/h4-10,13,20,23H,11-12,14-16H2,1-3H3,(H,25,27). The predicted molar refractivity (Wildman–Crippen MR) is 110 cm³/mol. The highest BCUT2D eigenvalue weighted by molar-refractivity contribution is 5.85. The number of nitrogens with zero attached hydrogens (tertiary/aromatic N) is 2. The highest BCUT2D eigenvalue weighted by atomic mass is 16.5. The van der Waals surface area contributed by atoms with Crippen LogP contribution in [0, 0.1) is 6.92 Å². The van der Waals surface area contributed by atoms with E-state index in [0.29, 0.717) is 19.4 Å². The van der Waals surface area contributed by atoms with Crippen LogP contribution in [0.2, 0.25) is 0 Å². The molecule has 1 aliphatic heterocycles. The maximum atomic E-state index is 13.2. The van der Waals surface area contributed by atoms with E-state index < -0.39 is 5.60 Å². The summed E-state index contributed by atoms with van der Waals surface area (Å²) in [5.74, 6) is 0.675. The highest BCUT2D eigenvalue weighted by Crippen LogP contribution is 2.27. The second kappa shape index (κ2) is 9.17. The van der Waals surface area contributed by atoms with Gasteiger partial charge in [0.15, 0.2) is 5.60 Å². The first-order chi connectivity index (χ1) is 13.5. The van der Waals surface area contributed by atoms with Crippen molar-refractivity contribution in [2.75, 3.05) is 33.7 Å². The molecule has 1 unspecified atom stereocenters. The van der Waals surface area contributed by atoms with Crippen LogP contribution >= 0.6 is 0 Å². The minimum atomic E-state index is -0.846. The smallest absolute Gasteiger partial charge is 0.264 e. The number of hydrogen-bond donors (Lipinski definition) is 2. The van der Waals surface area contributed by atoms with Crippen molar-refractivity contribution in [2.24, 2.45) is 0 Å². The summed E-state index contributed by atoms with van der Waals surface area (Å²) in [7, 11) is 3.99. The van der Waals surface area contributed by atoms with E-state index in [2.05, 4.69) is 20.5 Å². The summed E-state index contributed by atoms with van der Waals surface area (Å²) >= 11 is 0. The maximum Gasteiger partial charge on any atom is 0.264 e. The first-order valence-corrected chi connectivity index (χ1v) is 9.82. The van der Waals surface area contributed by atoms with Gasteiger partial charge in [-0.3, -0.25) is 14.7 Å². The SMILES string of the molecule is Cc1ccc(OC2(C(=O)NCC(c3ccccn3)N(C)C)CCNCC2)cc1. The minimum Gasteiger partial charge on any atom is -0.477 e. The summed E-state index contributed by atoms with van der Waals surface area (Å²) in [6, 6.07) is 13.7. The summed E-state index contributed by atoms with van der Waals surface area (Å²) in [6.07, 6.45) is 3.06. The van der Waals surface area contributed by atoms with Gasteiger partial charge in [-0.2, -0.15) is 0 Å². The Labute approximate surface area is 167 Å². The van der Waals surface area contributed by atoms with E-state index in [9.17, 15) is 4.79 Å².